The van der Waals surface area contributed by atoms with Crippen LogP contribution in [0.2, 0.25) is 0 Å². The van der Waals surface area contributed by atoms with Gasteiger partial charge >= 0.3 is 0 Å². The average Bonchev–Trinajstić information content (AvgIpc) is 2.50. The summed E-state index contributed by atoms with van der Waals surface area (Å²) in [6.07, 6.45) is 8.07. The standard InChI is InChI=1S/C17H34N4/c1-5-7-8-12-20(4)17(18-3)19-15-16-9-13-21(11-6-2)14-10-16/h5,16H,1,6-15H2,2-4H3,(H,18,19). The number of hydrogen-bond donors (Lipinski definition) is 1. The number of nitrogens with one attached hydrogen (secondary N) is 1. The molecule has 0 aromatic rings. The van der Waals surface area contributed by atoms with E-state index in [4.69, 9.17) is 0 Å². The Hall–Kier alpha value is -1.03. The van der Waals surface area contributed by atoms with E-state index in [-0.39, 0.29) is 0 Å². The van der Waals surface area contributed by atoms with Gasteiger partial charge in [-0.05, 0) is 57.7 Å². The predicted octanol–water partition coefficient (Wildman–Crippen LogP) is 2.58. The fourth-order valence-corrected chi connectivity index (χ4v) is 2.93. The maximum atomic E-state index is 4.39. The van der Waals surface area contributed by atoms with Gasteiger partial charge in [0.1, 0.15) is 0 Å². The molecule has 0 aliphatic carbocycles. The molecule has 0 aromatic heterocycles. The van der Waals surface area contributed by atoms with E-state index in [1.165, 1.54) is 38.9 Å². The molecule has 1 N–H and O–H groups in total. The quantitative estimate of drug-likeness (QED) is 0.323. The molecule has 1 rings (SSSR count). The van der Waals surface area contributed by atoms with Gasteiger partial charge in [0, 0.05) is 27.2 Å². The summed E-state index contributed by atoms with van der Waals surface area (Å²) in [6.45, 7) is 11.9. The van der Waals surface area contributed by atoms with Crippen LogP contribution in [-0.4, -0.2) is 62.6 Å². The monoisotopic (exact) mass is 294 g/mol. The molecule has 1 fully saturated rings. The van der Waals surface area contributed by atoms with Crippen molar-refractivity contribution in [3.8, 4) is 0 Å². The molecule has 4 nitrogen and oxygen atoms in total. The van der Waals surface area contributed by atoms with Crippen LogP contribution >= 0.6 is 0 Å². The summed E-state index contributed by atoms with van der Waals surface area (Å²) in [4.78, 5) is 9.20. The lowest BCUT2D eigenvalue weighted by atomic mass is 9.97. The minimum Gasteiger partial charge on any atom is -0.356 e. The van der Waals surface area contributed by atoms with Crippen LogP contribution in [0.25, 0.3) is 0 Å². The van der Waals surface area contributed by atoms with Crippen molar-refractivity contribution in [1.82, 2.24) is 15.1 Å². The summed E-state index contributed by atoms with van der Waals surface area (Å²) in [7, 11) is 3.98. The summed E-state index contributed by atoms with van der Waals surface area (Å²) in [6, 6.07) is 0. The maximum Gasteiger partial charge on any atom is 0.193 e. The Balaban J connectivity index is 2.24. The van der Waals surface area contributed by atoms with Crippen LogP contribution in [0.15, 0.2) is 17.6 Å². The molecule has 1 aliphatic rings. The topological polar surface area (TPSA) is 30.9 Å². The van der Waals surface area contributed by atoms with Crippen LogP contribution in [0.3, 0.4) is 0 Å². The lowest BCUT2D eigenvalue weighted by Gasteiger charge is -2.32. The van der Waals surface area contributed by atoms with Crippen LogP contribution in [0.4, 0.5) is 0 Å². The van der Waals surface area contributed by atoms with Gasteiger partial charge < -0.3 is 15.1 Å². The second kappa shape index (κ2) is 10.7. The molecular formula is C17H34N4. The molecule has 4 heteroatoms. The van der Waals surface area contributed by atoms with Crippen molar-refractivity contribution >= 4 is 5.96 Å². The second-order valence-electron chi connectivity index (χ2n) is 6.07. The molecule has 21 heavy (non-hydrogen) atoms. The van der Waals surface area contributed by atoms with Gasteiger partial charge in [0.05, 0.1) is 0 Å². The lowest BCUT2D eigenvalue weighted by Crippen LogP contribution is -2.43. The molecule has 0 saturated carbocycles. The van der Waals surface area contributed by atoms with E-state index in [1.807, 2.05) is 13.1 Å². The van der Waals surface area contributed by atoms with E-state index in [0.717, 1.165) is 37.8 Å². The molecule has 122 valence electrons. The number of piperidine rings is 1. The Labute approximate surface area is 131 Å². The number of hydrogen-bond acceptors (Lipinski definition) is 2. The molecule has 0 atom stereocenters. The van der Waals surface area contributed by atoms with Gasteiger partial charge in [-0.15, -0.1) is 6.58 Å². The van der Waals surface area contributed by atoms with Gasteiger partial charge in [-0.25, -0.2) is 0 Å². The highest BCUT2D eigenvalue weighted by atomic mass is 15.3. The minimum absolute atomic E-state index is 0.788. The highest BCUT2D eigenvalue weighted by molar-refractivity contribution is 5.79. The molecule has 0 spiro atoms. The van der Waals surface area contributed by atoms with Gasteiger partial charge in [-0.3, -0.25) is 4.99 Å². The average molecular weight is 294 g/mol. The van der Waals surface area contributed by atoms with Gasteiger partial charge in [-0.1, -0.05) is 13.0 Å². The van der Waals surface area contributed by atoms with E-state index in [2.05, 4.69) is 40.7 Å². The summed E-state index contributed by atoms with van der Waals surface area (Å²) >= 11 is 0. The third kappa shape index (κ3) is 6.98. The Kier molecular flexibility index (Phi) is 9.15. The zero-order valence-electron chi connectivity index (χ0n) is 14.3. The largest absolute Gasteiger partial charge is 0.356 e. The van der Waals surface area contributed by atoms with E-state index in [1.54, 1.807) is 0 Å². The summed E-state index contributed by atoms with van der Waals surface area (Å²) in [5.41, 5.74) is 0. The van der Waals surface area contributed by atoms with Crippen molar-refractivity contribution in [3.63, 3.8) is 0 Å². The molecule has 0 bridgehead atoms. The molecule has 0 amide bonds. The van der Waals surface area contributed by atoms with Crippen LogP contribution in [0.5, 0.6) is 0 Å². The zero-order chi connectivity index (χ0) is 15.5. The van der Waals surface area contributed by atoms with Gasteiger partial charge in [-0.2, -0.15) is 0 Å². The van der Waals surface area contributed by atoms with Gasteiger partial charge in [0.15, 0.2) is 5.96 Å². The van der Waals surface area contributed by atoms with Crippen molar-refractivity contribution in [1.29, 1.82) is 0 Å². The highest BCUT2D eigenvalue weighted by Crippen LogP contribution is 2.16. The van der Waals surface area contributed by atoms with E-state index in [0.29, 0.717) is 0 Å². The smallest absolute Gasteiger partial charge is 0.193 e. The third-order valence-electron chi connectivity index (χ3n) is 4.27. The van der Waals surface area contributed by atoms with Crippen LogP contribution in [0, 0.1) is 5.92 Å². The number of likely N-dealkylation sites (tertiary alicyclic amines) is 1. The first-order valence-corrected chi connectivity index (χ1v) is 8.46. The maximum absolute atomic E-state index is 4.39. The van der Waals surface area contributed by atoms with Crippen molar-refractivity contribution < 1.29 is 0 Å². The van der Waals surface area contributed by atoms with Gasteiger partial charge in [0.2, 0.25) is 0 Å². The molecule has 1 aliphatic heterocycles. The molecule has 0 radical (unpaired) electrons. The molecular weight excluding hydrogens is 260 g/mol. The minimum atomic E-state index is 0.788. The Morgan fingerprint density at radius 1 is 1.43 bits per heavy atom. The molecule has 0 unspecified atom stereocenters. The van der Waals surface area contributed by atoms with Crippen molar-refractivity contribution in [3.05, 3.63) is 12.7 Å². The normalized spacial score (nSPS) is 17.8. The first-order valence-electron chi connectivity index (χ1n) is 8.46. The fourth-order valence-electron chi connectivity index (χ4n) is 2.93. The zero-order valence-corrected chi connectivity index (χ0v) is 14.3. The van der Waals surface area contributed by atoms with E-state index in [9.17, 15) is 0 Å². The van der Waals surface area contributed by atoms with Crippen molar-refractivity contribution in [2.24, 2.45) is 10.9 Å². The van der Waals surface area contributed by atoms with E-state index >= 15 is 0 Å². The number of unbranched alkanes of at least 4 members (excludes halogenated alkanes) is 1. The summed E-state index contributed by atoms with van der Waals surface area (Å²) in [5, 5.41) is 3.54. The van der Waals surface area contributed by atoms with E-state index < -0.39 is 0 Å². The number of nitrogens with zero attached hydrogens (tertiary/aromatic N) is 3. The van der Waals surface area contributed by atoms with Crippen LogP contribution < -0.4 is 5.32 Å². The molecule has 1 saturated heterocycles. The number of aliphatic imine (C=N–C) groups is 1. The second-order valence-corrected chi connectivity index (χ2v) is 6.07. The Morgan fingerprint density at radius 3 is 2.71 bits per heavy atom. The van der Waals surface area contributed by atoms with Crippen molar-refractivity contribution in [2.45, 2.75) is 39.0 Å². The highest BCUT2D eigenvalue weighted by Gasteiger charge is 2.19. The Bertz CT molecular complexity index is 306. The van der Waals surface area contributed by atoms with Crippen LogP contribution in [0.1, 0.15) is 39.0 Å². The number of guanidine groups is 1. The van der Waals surface area contributed by atoms with Gasteiger partial charge in [0.25, 0.3) is 0 Å². The SMILES string of the molecule is C=CCCCN(C)C(=NC)NCC1CCN(CCC)CC1. The summed E-state index contributed by atoms with van der Waals surface area (Å²) < 4.78 is 0. The predicted molar refractivity (Wildman–Crippen MR) is 92.9 cm³/mol. The lowest BCUT2D eigenvalue weighted by molar-refractivity contribution is 0.185. The summed E-state index contributed by atoms with van der Waals surface area (Å²) in [5.74, 6) is 1.81. The molecule has 1 heterocycles. The third-order valence-corrected chi connectivity index (χ3v) is 4.27. The van der Waals surface area contributed by atoms with Crippen LogP contribution in [-0.2, 0) is 0 Å². The number of allylic oxidation sites excluding steroid dienone is 1. The first kappa shape index (κ1) is 18.0. The fraction of sp³-hybridized carbons (Fsp3) is 0.824. The first-order chi connectivity index (χ1) is 10.2. The number of rotatable bonds is 8. The molecule has 0 aromatic carbocycles. The van der Waals surface area contributed by atoms with Crippen molar-refractivity contribution in [2.75, 3.05) is 46.8 Å². The Morgan fingerprint density at radius 2 is 2.14 bits per heavy atom.